The minimum atomic E-state index is -5.86. The molecule has 1 aromatic carbocycles. The monoisotopic (exact) mass is 341 g/mol. The molecule has 0 spiro atoms. The fourth-order valence-corrected chi connectivity index (χ4v) is 1.66. The van der Waals surface area contributed by atoms with Crippen LogP contribution in [0.3, 0.4) is 0 Å². The van der Waals surface area contributed by atoms with Gasteiger partial charge in [-0.25, -0.2) is 0 Å². The van der Waals surface area contributed by atoms with Crippen molar-refractivity contribution in [3.05, 3.63) is 29.8 Å². The quantitative estimate of drug-likeness (QED) is 0.604. The van der Waals surface area contributed by atoms with Crippen LogP contribution < -0.4 is 4.90 Å². The minimum Gasteiger partial charge on any atom is -0.310 e. The van der Waals surface area contributed by atoms with Crippen LogP contribution in [0.5, 0.6) is 0 Å². The SMILES string of the molecule is CC(=O)c1ccc(N(C)C(=O)C(F)(F)C(F)(F)C(C)(F)F)cc1. The molecule has 9 heteroatoms. The number of Topliss-reactive ketones (excluding diaryl/α,β-unsaturated/α-hetero) is 1. The zero-order valence-corrected chi connectivity index (χ0v) is 12.3. The molecule has 0 saturated heterocycles. The summed E-state index contributed by atoms with van der Waals surface area (Å²) in [7, 11) is 0.739. The van der Waals surface area contributed by atoms with Crippen molar-refractivity contribution < 1.29 is 35.9 Å². The molecule has 0 aromatic heterocycles. The summed E-state index contributed by atoms with van der Waals surface area (Å²) in [5, 5.41) is 0. The van der Waals surface area contributed by atoms with Crippen molar-refractivity contribution in [1.82, 2.24) is 0 Å². The van der Waals surface area contributed by atoms with Crippen LogP contribution >= 0.6 is 0 Å². The largest absolute Gasteiger partial charge is 0.393 e. The molecule has 0 radical (unpaired) electrons. The molecule has 0 atom stereocenters. The lowest BCUT2D eigenvalue weighted by molar-refractivity contribution is -0.290. The number of carbonyl (C=O) groups is 2. The average Bonchev–Trinajstić information content (AvgIpc) is 2.44. The van der Waals surface area contributed by atoms with Gasteiger partial charge in [0.2, 0.25) is 0 Å². The standard InChI is InChI=1S/C14H13F6NO2/c1-8(22)9-4-6-10(7-5-9)21(3)11(23)13(17,18)14(19,20)12(2,15)16/h4-7H,1-3H3. The molecule has 128 valence electrons. The Morgan fingerprint density at radius 3 is 1.74 bits per heavy atom. The highest BCUT2D eigenvalue weighted by atomic mass is 19.3. The molecule has 0 aliphatic carbocycles. The fraction of sp³-hybridized carbons (Fsp3) is 0.429. The normalized spacial score (nSPS) is 12.9. The highest BCUT2D eigenvalue weighted by Gasteiger charge is 2.73. The number of benzene rings is 1. The maximum atomic E-state index is 13.6. The van der Waals surface area contributed by atoms with E-state index in [1.807, 2.05) is 0 Å². The average molecular weight is 341 g/mol. The molecule has 0 aliphatic heterocycles. The van der Waals surface area contributed by atoms with Crippen LogP contribution in [0.1, 0.15) is 24.2 Å². The van der Waals surface area contributed by atoms with E-state index in [0.717, 1.165) is 19.2 Å². The van der Waals surface area contributed by atoms with Gasteiger partial charge >= 0.3 is 23.7 Å². The maximum absolute atomic E-state index is 13.6. The van der Waals surface area contributed by atoms with E-state index < -0.39 is 30.6 Å². The van der Waals surface area contributed by atoms with Gasteiger partial charge in [-0.15, -0.1) is 0 Å². The van der Waals surface area contributed by atoms with E-state index in [0.29, 0.717) is 0 Å². The number of alkyl halides is 6. The van der Waals surface area contributed by atoms with Gasteiger partial charge in [0.25, 0.3) is 0 Å². The van der Waals surface area contributed by atoms with Gasteiger partial charge in [-0.1, -0.05) is 0 Å². The molecule has 0 fully saturated rings. The Kier molecular flexibility index (Phi) is 4.84. The summed E-state index contributed by atoms with van der Waals surface area (Å²) in [4.78, 5) is 22.8. The van der Waals surface area contributed by atoms with Gasteiger partial charge in [-0.3, -0.25) is 9.59 Å². The molecule has 0 aliphatic rings. The highest BCUT2D eigenvalue weighted by Crippen LogP contribution is 2.46. The zero-order chi connectivity index (χ0) is 18.2. The van der Waals surface area contributed by atoms with E-state index in [9.17, 15) is 35.9 Å². The second kappa shape index (κ2) is 5.86. The third-order valence-electron chi connectivity index (χ3n) is 3.18. The summed E-state index contributed by atoms with van der Waals surface area (Å²) in [6.45, 7) is 0.845. The lowest BCUT2D eigenvalue weighted by Crippen LogP contribution is -2.60. The van der Waals surface area contributed by atoms with Gasteiger partial charge in [0.15, 0.2) is 5.78 Å². The smallest absolute Gasteiger partial charge is 0.310 e. The molecule has 23 heavy (non-hydrogen) atoms. The molecular formula is C14H13F6NO2. The van der Waals surface area contributed by atoms with Crippen LogP contribution in [0.4, 0.5) is 32.0 Å². The van der Waals surface area contributed by atoms with E-state index in [2.05, 4.69) is 0 Å². The Bertz CT molecular complexity index is 607. The molecular weight excluding hydrogens is 328 g/mol. The van der Waals surface area contributed by atoms with Gasteiger partial charge < -0.3 is 4.90 Å². The van der Waals surface area contributed by atoms with Crippen molar-refractivity contribution in [2.24, 2.45) is 0 Å². The van der Waals surface area contributed by atoms with E-state index in [1.54, 1.807) is 0 Å². The third-order valence-corrected chi connectivity index (χ3v) is 3.18. The van der Waals surface area contributed by atoms with E-state index >= 15 is 0 Å². The first-order chi connectivity index (χ1) is 10.2. The Morgan fingerprint density at radius 1 is 0.957 bits per heavy atom. The van der Waals surface area contributed by atoms with Crippen LogP contribution in [0.15, 0.2) is 24.3 Å². The first-order valence-corrected chi connectivity index (χ1v) is 6.26. The number of hydrogen-bond acceptors (Lipinski definition) is 2. The summed E-state index contributed by atoms with van der Waals surface area (Å²) in [5.74, 6) is -19.4. The summed E-state index contributed by atoms with van der Waals surface area (Å²) in [6, 6.07) is 4.50. The molecule has 3 nitrogen and oxygen atoms in total. The second-order valence-corrected chi connectivity index (χ2v) is 5.00. The number of amides is 1. The van der Waals surface area contributed by atoms with Crippen molar-refractivity contribution in [3.63, 3.8) is 0 Å². The van der Waals surface area contributed by atoms with Crippen molar-refractivity contribution >= 4 is 17.4 Å². The van der Waals surface area contributed by atoms with Crippen LogP contribution in [-0.4, -0.2) is 36.5 Å². The highest BCUT2D eigenvalue weighted by molar-refractivity contribution is 5.99. The topological polar surface area (TPSA) is 37.4 Å². The molecule has 0 unspecified atom stereocenters. The second-order valence-electron chi connectivity index (χ2n) is 5.00. The molecule has 1 rings (SSSR count). The van der Waals surface area contributed by atoms with Gasteiger partial charge in [-0.05, 0) is 31.2 Å². The molecule has 1 amide bonds. The molecule has 0 N–H and O–H groups in total. The molecule has 0 saturated carbocycles. The number of nitrogens with zero attached hydrogens (tertiary/aromatic N) is 1. The number of ketones is 1. The predicted octanol–water partition coefficient (Wildman–Crippen LogP) is 3.78. The summed E-state index contributed by atoms with van der Waals surface area (Å²) < 4.78 is 79.0. The molecule has 0 bridgehead atoms. The van der Waals surface area contributed by atoms with Crippen molar-refractivity contribution in [2.45, 2.75) is 31.6 Å². The Balaban J connectivity index is 3.14. The molecule has 0 heterocycles. The van der Waals surface area contributed by atoms with Crippen LogP contribution in [0.2, 0.25) is 0 Å². The van der Waals surface area contributed by atoms with Crippen molar-refractivity contribution in [1.29, 1.82) is 0 Å². The van der Waals surface area contributed by atoms with E-state index in [-0.39, 0.29) is 21.9 Å². The predicted molar refractivity (Wildman–Crippen MR) is 70.4 cm³/mol. The first kappa shape index (κ1) is 19.0. The summed E-state index contributed by atoms with van der Waals surface area (Å²) >= 11 is 0. The summed E-state index contributed by atoms with van der Waals surface area (Å²) in [6.07, 6.45) is 0. The fourth-order valence-electron chi connectivity index (χ4n) is 1.66. The maximum Gasteiger partial charge on any atom is 0.393 e. The van der Waals surface area contributed by atoms with Crippen LogP contribution in [0, 0.1) is 0 Å². The zero-order valence-electron chi connectivity index (χ0n) is 12.3. The van der Waals surface area contributed by atoms with E-state index in [4.69, 9.17) is 0 Å². The van der Waals surface area contributed by atoms with Gasteiger partial charge in [0, 0.05) is 25.2 Å². The minimum absolute atomic E-state index is 0.129. The number of rotatable bonds is 5. The van der Waals surface area contributed by atoms with Crippen molar-refractivity contribution in [3.8, 4) is 0 Å². The lowest BCUT2D eigenvalue weighted by Gasteiger charge is -2.32. The Hall–Kier alpha value is -2.06. The summed E-state index contributed by atoms with van der Waals surface area (Å²) in [5.41, 5.74) is -0.0540. The number of carbonyl (C=O) groups excluding carboxylic acids is 2. The number of halogens is 6. The van der Waals surface area contributed by atoms with E-state index in [1.165, 1.54) is 19.1 Å². The van der Waals surface area contributed by atoms with Crippen LogP contribution in [-0.2, 0) is 4.79 Å². The molecule has 1 aromatic rings. The van der Waals surface area contributed by atoms with Gasteiger partial charge in [0.05, 0.1) is 0 Å². The third kappa shape index (κ3) is 3.32. The van der Waals surface area contributed by atoms with Crippen LogP contribution in [0.25, 0.3) is 0 Å². The number of anilines is 1. The first-order valence-electron chi connectivity index (χ1n) is 6.26. The van der Waals surface area contributed by atoms with Gasteiger partial charge in [-0.2, -0.15) is 26.3 Å². The Labute approximate surface area is 127 Å². The Morgan fingerprint density at radius 2 is 1.39 bits per heavy atom. The van der Waals surface area contributed by atoms with Crippen molar-refractivity contribution in [2.75, 3.05) is 11.9 Å². The van der Waals surface area contributed by atoms with Gasteiger partial charge in [0.1, 0.15) is 0 Å². The lowest BCUT2D eigenvalue weighted by atomic mass is 10.0. The number of hydrogen-bond donors (Lipinski definition) is 0.